The highest BCUT2D eigenvalue weighted by molar-refractivity contribution is 7.80. The summed E-state index contributed by atoms with van der Waals surface area (Å²) in [6.45, 7) is 3.91. The van der Waals surface area contributed by atoms with Gasteiger partial charge in [0.1, 0.15) is 0 Å². The molecular formula is C20H18ClN3O2S. The number of carbonyl (C=O) groups is 2. The highest BCUT2D eigenvalue weighted by atomic mass is 35.5. The van der Waals surface area contributed by atoms with Crippen molar-refractivity contribution in [2.45, 2.75) is 0 Å². The second-order valence-electron chi connectivity index (χ2n) is 5.34. The Morgan fingerprint density at radius 2 is 1.81 bits per heavy atom. The zero-order chi connectivity index (χ0) is 19.6. The Bertz CT molecular complexity index is 896. The summed E-state index contributed by atoms with van der Waals surface area (Å²) in [7, 11) is 0. The first-order valence-corrected chi connectivity index (χ1v) is 8.82. The van der Waals surface area contributed by atoms with Crippen LogP contribution in [-0.4, -0.2) is 23.5 Å². The van der Waals surface area contributed by atoms with Gasteiger partial charge in [0, 0.05) is 17.6 Å². The van der Waals surface area contributed by atoms with E-state index in [0.717, 1.165) is 5.56 Å². The fourth-order valence-electron chi connectivity index (χ4n) is 2.13. The zero-order valence-electron chi connectivity index (χ0n) is 14.4. The Hall–Kier alpha value is -2.96. The molecule has 0 unspecified atom stereocenters. The number of anilines is 1. The normalized spacial score (nSPS) is 10.3. The number of para-hydroxylation sites is 1. The molecule has 0 saturated carbocycles. The van der Waals surface area contributed by atoms with Crippen molar-refractivity contribution in [2.24, 2.45) is 0 Å². The molecule has 7 heteroatoms. The first-order chi connectivity index (χ1) is 13.0. The maximum absolute atomic E-state index is 12.2. The van der Waals surface area contributed by atoms with Crippen molar-refractivity contribution in [1.82, 2.24) is 10.6 Å². The number of hydrogen-bond acceptors (Lipinski definition) is 3. The highest BCUT2D eigenvalue weighted by Crippen LogP contribution is 2.16. The van der Waals surface area contributed by atoms with Crippen LogP contribution in [0.5, 0.6) is 0 Å². The molecule has 0 heterocycles. The number of rotatable bonds is 6. The van der Waals surface area contributed by atoms with Gasteiger partial charge in [0.15, 0.2) is 5.11 Å². The van der Waals surface area contributed by atoms with Gasteiger partial charge in [0.05, 0.1) is 11.3 Å². The van der Waals surface area contributed by atoms with E-state index in [1.54, 1.807) is 54.6 Å². The van der Waals surface area contributed by atoms with E-state index in [9.17, 15) is 9.59 Å². The number of carbonyl (C=O) groups excluding carboxylic acids is 2. The predicted octanol–water partition coefficient (Wildman–Crippen LogP) is 3.78. The molecule has 0 aliphatic heterocycles. The van der Waals surface area contributed by atoms with Crippen LogP contribution in [0.1, 0.15) is 15.9 Å². The number of benzene rings is 2. The lowest BCUT2D eigenvalue weighted by Crippen LogP contribution is -2.34. The smallest absolute Gasteiger partial charge is 0.253 e. The molecule has 0 aliphatic carbocycles. The minimum atomic E-state index is -0.416. The summed E-state index contributed by atoms with van der Waals surface area (Å²) in [5.41, 5.74) is 1.61. The van der Waals surface area contributed by atoms with Crippen molar-refractivity contribution in [3.63, 3.8) is 0 Å². The Morgan fingerprint density at radius 1 is 1.11 bits per heavy atom. The Kier molecular flexibility index (Phi) is 7.73. The molecule has 138 valence electrons. The predicted molar refractivity (Wildman–Crippen MR) is 114 cm³/mol. The average Bonchev–Trinajstić information content (AvgIpc) is 2.65. The van der Waals surface area contributed by atoms with E-state index in [2.05, 4.69) is 22.5 Å². The SMILES string of the molecule is C=CCNC(=O)c1ccccc1NC(=S)NC(=O)/C=C/c1ccccc1Cl. The van der Waals surface area contributed by atoms with Gasteiger partial charge >= 0.3 is 0 Å². The number of amides is 2. The van der Waals surface area contributed by atoms with Gasteiger partial charge in [0.25, 0.3) is 5.91 Å². The molecule has 2 aromatic rings. The molecule has 0 spiro atoms. The molecule has 0 saturated heterocycles. The number of halogens is 1. The van der Waals surface area contributed by atoms with Crippen molar-refractivity contribution in [3.8, 4) is 0 Å². The van der Waals surface area contributed by atoms with E-state index >= 15 is 0 Å². The van der Waals surface area contributed by atoms with Crippen molar-refractivity contribution in [3.05, 3.63) is 83.4 Å². The van der Waals surface area contributed by atoms with E-state index in [4.69, 9.17) is 23.8 Å². The fraction of sp³-hybridized carbons (Fsp3) is 0.0500. The molecule has 0 radical (unpaired) electrons. The first kappa shape index (κ1) is 20.4. The summed E-state index contributed by atoms with van der Waals surface area (Å²) in [5, 5.41) is 8.71. The standard InChI is InChI=1S/C20H18ClN3O2S/c1-2-13-22-19(26)15-8-4-6-10-17(15)23-20(27)24-18(25)12-11-14-7-3-5-9-16(14)21/h2-12H,1,13H2,(H,22,26)(H2,23,24,25,27)/b12-11+. The monoisotopic (exact) mass is 399 g/mol. The van der Waals surface area contributed by atoms with E-state index < -0.39 is 5.91 Å². The van der Waals surface area contributed by atoms with Crippen LogP contribution in [0.2, 0.25) is 5.02 Å². The molecule has 0 fully saturated rings. The highest BCUT2D eigenvalue weighted by Gasteiger charge is 2.11. The number of hydrogen-bond donors (Lipinski definition) is 3. The lowest BCUT2D eigenvalue weighted by Gasteiger charge is -2.12. The van der Waals surface area contributed by atoms with E-state index in [-0.39, 0.29) is 11.0 Å². The lowest BCUT2D eigenvalue weighted by atomic mass is 10.1. The molecule has 27 heavy (non-hydrogen) atoms. The van der Waals surface area contributed by atoms with E-state index in [0.29, 0.717) is 22.8 Å². The van der Waals surface area contributed by atoms with E-state index in [1.165, 1.54) is 6.08 Å². The minimum absolute atomic E-state index is 0.0766. The summed E-state index contributed by atoms with van der Waals surface area (Å²) in [6, 6.07) is 14.0. The zero-order valence-corrected chi connectivity index (χ0v) is 15.9. The van der Waals surface area contributed by atoms with Crippen molar-refractivity contribution in [2.75, 3.05) is 11.9 Å². The maximum atomic E-state index is 12.2. The third kappa shape index (κ3) is 6.36. The number of nitrogens with one attached hydrogen (secondary N) is 3. The number of thiocarbonyl (C=S) groups is 1. The van der Waals surface area contributed by atoms with Crippen LogP contribution in [0.3, 0.4) is 0 Å². The summed E-state index contributed by atoms with van der Waals surface area (Å²) in [5.74, 6) is -0.688. The summed E-state index contributed by atoms with van der Waals surface area (Å²) in [4.78, 5) is 24.2. The van der Waals surface area contributed by atoms with Crippen LogP contribution in [0.15, 0.2) is 67.3 Å². The van der Waals surface area contributed by atoms with Crippen molar-refractivity contribution < 1.29 is 9.59 Å². The average molecular weight is 400 g/mol. The van der Waals surface area contributed by atoms with Gasteiger partial charge in [-0.05, 0) is 42.1 Å². The molecule has 0 aliphatic rings. The summed E-state index contributed by atoms with van der Waals surface area (Å²) in [6.07, 6.45) is 4.51. The van der Waals surface area contributed by atoms with Gasteiger partial charge in [-0.3, -0.25) is 14.9 Å². The molecule has 2 aromatic carbocycles. The third-order valence-corrected chi connectivity index (χ3v) is 3.93. The summed E-state index contributed by atoms with van der Waals surface area (Å²) < 4.78 is 0. The Balaban J connectivity index is 1.99. The van der Waals surface area contributed by atoms with Crippen LogP contribution in [0.25, 0.3) is 6.08 Å². The first-order valence-electron chi connectivity index (χ1n) is 8.04. The molecule has 0 atom stereocenters. The van der Waals surface area contributed by atoms with Gasteiger partial charge < -0.3 is 10.6 Å². The molecule has 0 aromatic heterocycles. The van der Waals surface area contributed by atoms with E-state index in [1.807, 2.05) is 6.07 Å². The van der Waals surface area contributed by atoms with Gasteiger partial charge in [-0.2, -0.15) is 0 Å². The fourth-order valence-corrected chi connectivity index (χ4v) is 2.54. The second kappa shape index (κ2) is 10.3. The molecular weight excluding hydrogens is 382 g/mol. The Morgan fingerprint density at radius 3 is 2.56 bits per heavy atom. The molecule has 2 rings (SSSR count). The molecule has 2 amide bonds. The maximum Gasteiger partial charge on any atom is 0.253 e. The van der Waals surface area contributed by atoms with Crippen LogP contribution < -0.4 is 16.0 Å². The van der Waals surface area contributed by atoms with Crippen LogP contribution in [0.4, 0.5) is 5.69 Å². The second-order valence-corrected chi connectivity index (χ2v) is 6.16. The molecule has 5 nitrogen and oxygen atoms in total. The molecule has 0 bridgehead atoms. The van der Waals surface area contributed by atoms with Crippen molar-refractivity contribution >= 4 is 52.5 Å². The van der Waals surface area contributed by atoms with Gasteiger partial charge in [-0.1, -0.05) is 48.0 Å². The summed E-state index contributed by atoms with van der Waals surface area (Å²) >= 11 is 11.2. The van der Waals surface area contributed by atoms with Crippen LogP contribution >= 0.6 is 23.8 Å². The van der Waals surface area contributed by atoms with Gasteiger partial charge in [-0.15, -0.1) is 6.58 Å². The topological polar surface area (TPSA) is 70.2 Å². The largest absolute Gasteiger partial charge is 0.349 e. The third-order valence-electron chi connectivity index (χ3n) is 3.38. The lowest BCUT2D eigenvalue weighted by molar-refractivity contribution is -0.115. The minimum Gasteiger partial charge on any atom is -0.349 e. The van der Waals surface area contributed by atoms with Gasteiger partial charge in [0.2, 0.25) is 5.91 Å². The Labute approximate surface area is 168 Å². The quantitative estimate of drug-likeness (QED) is 0.392. The van der Waals surface area contributed by atoms with Crippen molar-refractivity contribution in [1.29, 1.82) is 0 Å². The van der Waals surface area contributed by atoms with Gasteiger partial charge in [-0.25, -0.2) is 0 Å². The van der Waals surface area contributed by atoms with Crippen LogP contribution in [0, 0.1) is 0 Å². The van der Waals surface area contributed by atoms with Crippen LogP contribution in [-0.2, 0) is 4.79 Å². The molecule has 3 N–H and O–H groups in total.